The zero-order valence-corrected chi connectivity index (χ0v) is 18.1. The Labute approximate surface area is 172 Å². The molecule has 0 aromatic carbocycles. The second-order valence-electron chi connectivity index (χ2n) is 8.79. The van der Waals surface area contributed by atoms with Crippen LogP contribution in [0.3, 0.4) is 0 Å². The third-order valence-corrected chi connectivity index (χ3v) is 7.86. The summed E-state index contributed by atoms with van der Waals surface area (Å²) in [5.74, 6) is 1.19. The lowest BCUT2D eigenvalue weighted by Gasteiger charge is -2.39. The fraction of sp³-hybridized carbons (Fsp3) is 0.727. The van der Waals surface area contributed by atoms with Crippen molar-refractivity contribution in [3.05, 3.63) is 21.4 Å². The fourth-order valence-electron chi connectivity index (χ4n) is 4.87. The Balaban J connectivity index is 1.34. The highest BCUT2D eigenvalue weighted by atomic mass is 32.1. The van der Waals surface area contributed by atoms with Crippen molar-refractivity contribution in [2.45, 2.75) is 58.4 Å². The van der Waals surface area contributed by atoms with Crippen LogP contribution in [0, 0.1) is 5.92 Å². The van der Waals surface area contributed by atoms with Crippen molar-refractivity contribution in [1.29, 1.82) is 0 Å². The quantitative estimate of drug-likeness (QED) is 0.779. The molecule has 0 saturated carbocycles. The van der Waals surface area contributed by atoms with Crippen molar-refractivity contribution in [2.75, 3.05) is 39.3 Å². The number of carbonyl (C=O) groups is 2. The van der Waals surface area contributed by atoms with Crippen LogP contribution in [-0.4, -0.2) is 71.8 Å². The van der Waals surface area contributed by atoms with Crippen LogP contribution in [0.5, 0.6) is 0 Å². The highest BCUT2D eigenvalue weighted by Crippen LogP contribution is 2.33. The minimum absolute atomic E-state index is 0.0780. The molecule has 3 aliphatic rings. The number of rotatable bonds is 3. The predicted octanol–water partition coefficient (Wildman–Crippen LogP) is 3.03. The molecule has 2 unspecified atom stereocenters. The third kappa shape index (κ3) is 3.99. The molecule has 3 heterocycles. The average molecular weight is 404 g/mol. The number of likely N-dealkylation sites (tertiary alicyclic amines) is 1. The molecule has 2 aliphatic heterocycles. The van der Waals surface area contributed by atoms with Crippen molar-refractivity contribution in [3.8, 4) is 0 Å². The lowest BCUT2D eigenvalue weighted by molar-refractivity contribution is -0.137. The van der Waals surface area contributed by atoms with Crippen molar-refractivity contribution >= 4 is 23.2 Å². The number of fused-ring (bicyclic) bond motifs is 1. The minimum atomic E-state index is -0.0780. The molecule has 2 atom stereocenters. The number of piperazine rings is 1. The standard InChI is InChI=1S/C22H33N3O2S/c1-16-6-7-18-19(15-28-20(18)14-16)22(27)25-12-10-23(11-13-25)17(2)21(26)24-8-4-3-5-9-24/h15-17H,3-14H2,1-2H3. The Morgan fingerprint density at radius 2 is 1.75 bits per heavy atom. The molecule has 2 amide bonds. The van der Waals surface area contributed by atoms with Gasteiger partial charge in [0, 0.05) is 49.5 Å². The fourth-order valence-corrected chi connectivity index (χ4v) is 6.11. The predicted molar refractivity (Wildman–Crippen MR) is 113 cm³/mol. The summed E-state index contributed by atoms with van der Waals surface area (Å²) >= 11 is 1.77. The van der Waals surface area contributed by atoms with E-state index in [2.05, 4.69) is 17.2 Å². The van der Waals surface area contributed by atoms with Crippen LogP contribution >= 0.6 is 11.3 Å². The molecular formula is C22H33N3O2S. The van der Waals surface area contributed by atoms with E-state index in [-0.39, 0.29) is 17.9 Å². The molecule has 0 radical (unpaired) electrons. The summed E-state index contributed by atoms with van der Waals surface area (Å²) in [6, 6.07) is -0.0780. The molecule has 154 valence electrons. The summed E-state index contributed by atoms with van der Waals surface area (Å²) in [5, 5.41) is 2.08. The van der Waals surface area contributed by atoms with E-state index in [1.165, 1.54) is 23.3 Å². The van der Waals surface area contributed by atoms with Crippen LogP contribution in [0.2, 0.25) is 0 Å². The van der Waals surface area contributed by atoms with E-state index < -0.39 is 0 Å². The van der Waals surface area contributed by atoms with Gasteiger partial charge in [-0.2, -0.15) is 0 Å². The summed E-state index contributed by atoms with van der Waals surface area (Å²) in [6.45, 7) is 9.16. The van der Waals surface area contributed by atoms with Crippen LogP contribution < -0.4 is 0 Å². The van der Waals surface area contributed by atoms with Gasteiger partial charge in [-0.1, -0.05) is 6.92 Å². The normalized spacial score (nSPS) is 24.7. The second-order valence-corrected chi connectivity index (χ2v) is 9.75. The largest absolute Gasteiger partial charge is 0.341 e. The maximum absolute atomic E-state index is 13.1. The van der Waals surface area contributed by atoms with Gasteiger partial charge in [0.15, 0.2) is 0 Å². The molecule has 1 aliphatic carbocycles. The van der Waals surface area contributed by atoms with Crippen molar-refractivity contribution in [3.63, 3.8) is 0 Å². The first-order valence-electron chi connectivity index (χ1n) is 11.0. The lowest BCUT2D eigenvalue weighted by Crippen LogP contribution is -2.56. The van der Waals surface area contributed by atoms with E-state index in [0.29, 0.717) is 0 Å². The Morgan fingerprint density at radius 1 is 1.04 bits per heavy atom. The number of thiophene rings is 1. The smallest absolute Gasteiger partial charge is 0.255 e. The molecule has 0 bridgehead atoms. The van der Waals surface area contributed by atoms with Gasteiger partial charge in [-0.25, -0.2) is 0 Å². The molecule has 6 heteroatoms. The van der Waals surface area contributed by atoms with Crippen LogP contribution in [0.25, 0.3) is 0 Å². The van der Waals surface area contributed by atoms with Gasteiger partial charge < -0.3 is 9.80 Å². The molecule has 28 heavy (non-hydrogen) atoms. The summed E-state index contributed by atoms with van der Waals surface area (Å²) in [7, 11) is 0. The number of piperidine rings is 1. The van der Waals surface area contributed by atoms with Gasteiger partial charge in [0.2, 0.25) is 5.91 Å². The van der Waals surface area contributed by atoms with Crippen molar-refractivity contribution < 1.29 is 9.59 Å². The lowest BCUT2D eigenvalue weighted by atomic mass is 9.88. The first-order chi connectivity index (χ1) is 13.5. The van der Waals surface area contributed by atoms with Crippen LogP contribution in [-0.2, 0) is 17.6 Å². The Bertz CT molecular complexity index is 717. The Hall–Kier alpha value is -1.40. The summed E-state index contributed by atoms with van der Waals surface area (Å²) in [6.07, 6.45) is 6.85. The first-order valence-corrected chi connectivity index (χ1v) is 11.8. The summed E-state index contributed by atoms with van der Waals surface area (Å²) < 4.78 is 0. The van der Waals surface area contributed by atoms with Crippen molar-refractivity contribution in [2.24, 2.45) is 5.92 Å². The van der Waals surface area contributed by atoms with E-state index in [9.17, 15) is 9.59 Å². The van der Waals surface area contributed by atoms with E-state index in [1.54, 1.807) is 11.3 Å². The van der Waals surface area contributed by atoms with Gasteiger partial charge in [0.1, 0.15) is 0 Å². The summed E-state index contributed by atoms with van der Waals surface area (Å²) in [5.41, 5.74) is 2.25. The van der Waals surface area contributed by atoms with Gasteiger partial charge >= 0.3 is 0 Å². The molecule has 4 rings (SSSR count). The van der Waals surface area contributed by atoms with Gasteiger partial charge in [0.25, 0.3) is 5.91 Å². The van der Waals surface area contributed by atoms with Crippen molar-refractivity contribution in [1.82, 2.24) is 14.7 Å². The average Bonchev–Trinajstić information content (AvgIpc) is 3.16. The molecule has 0 spiro atoms. The van der Waals surface area contributed by atoms with E-state index >= 15 is 0 Å². The number of amides is 2. The maximum atomic E-state index is 13.1. The molecule has 1 aromatic heterocycles. The number of nitrogens with zero attached hydrogens (tertiary/aromatic N) is 3. The molecule has 2 fully saturated rings. The molecule has 5 nitrogen and oxygen atoms in total. The highest BCUT2D eigenvalue weighted by molar-refractivity contribution is 7.10. The second kappa shape index (κ2) is 8.54. The number of hydrogen-bond donors (Lipinski definition) is 0. The van der Waals surface area contributed by atoms with Crippen LogP contribution in [0.15, 0.2) is 5.38 Å². The van der Waals surface area contributed by atoms with Gasteiger partial charge in [-0.05, 0) is 56.9 Å². The zero-order valence-electron chi connectivity index (χ0n) is 17.3. The van der Waals surface area contributed by atoms with E-state index in [0.717, 1.165) is 76.4 Å². The Morgan fingerprint density at radius 3 is 2.46 bits per heavy atom. The maximum Gasteiger partial charge on any atom is 0.255 e. The first kappa shape index (κ1) is 19.9. The van der Waals surface area contributed by atoms with Gasteiger partial charge in [-0.3, -0.25) is 14.5 Å². The minimum Gasteiger partial charge on any atom is -0.341 e. The SMILES string of the molecule is CC1CCc2c(C(=O)N3CCN(C(C)C(=O)N4CCCCC4)CC3)csc2C1. The Kier molecular flexibility index (Phi) is 6.07. The highest BCUT2D eigenvalue weighted by Gasteiger charge is 2.32. The number of hydrogen-bond acceptors (Lipinski definition) is 4. The molecular weight excluding hydrogens is 370 g/mol. The van der Waals surface area contributed by atoms with Gasteiger partial charge in [-0.15, -0.1) is 11.3 Å². The molecule has 1 aromatic rings. The van der Waals surface area contributed by atoms with E-state index in [4.69, 9.17) is 0 Å². The van der Waals surface area contributed by atoms with Gasteiger partial charge in [0.05, 0.1) is 11.6 Å². The van der Waals surface area contributed by atoms with Crippen LogP contribution in [0.1, 0.15) is 60.3 Å². The summed E-state index contributed by atoms with van der Waals surface area (Å²) in [4.78, 5) is 33.6. The topological polar surface area (TPSA) is 43.9 Å². The van der Waals surface area contributed by atoms with E-state index in [1.807, 2.05) is 16.7 Å². The molecule has 0 N–H and O–H groups in total. The third-order valence-electron chi connectivity index (χ3n) is 6.81. The number of carbonyl (C=O) groups excluding carboxylic acids is 2. The zero-order chi connectivity index (χ0) is 19.7. The van der Waals surface area contributed by atoms with Crippen LogP contribution in [0.4, 0.5) is 0 Å². The monoisotopic (exact) mass is 403 g/mol. The molecule has 2 saturated heterocycles.